The molecule has 1 amide bonds. The number of ether oxygens (including phenoxy) is 1. The fraction of sp³-hybridized carbons (Fsp3) is 0.652. The summed E-state index contributed by atoms with van der Waals surface area (Å²) in [7, 11) is 1.62. The Morgan fingerprint density at radius 1 is 1.12 bits per heavy atom. The van der Waals surface area contributed by atoms with Crippen LogP contribution in [0.4, 0.5) is 0 Å². The van der Waals surface area contributed by atoms with Crippen LogP contribution >= 0.6 is 24.0 Å². The summed E-state index contributed by atoms with van der Waals surface area (Å²) in [5, 5.41) is 13.9. The standard InChI is InChI=1S/C23H37N5O3.HI/c1-3-24-23(25-17-21(29)19-8-7-9-20(16-19)31-2)28-14-12-26(13-15-28)18-22(30)27-10-5-4-6-11-27;/h7-9,16,21,29H,3-6,10-15,17-18H2,1-2H3,(H,24,25);1H. The second-order valence-electron chi connectivity index (χ2n) is 8.19. The Balaban J connectivity index is 0.00000363. The zero-order valence-corrected chi connectivity index (χ0v) is 21.7. The van der Waals surface area contributed by atoms with Crippen molar-refractivity contribution in [2.24, 2.45) is 4.99 Å². The largest absolute Gasteiger partial charge is 0.497 e. The van der Waals surface area contributed by atoms with Crippen LogP contribution in [0.5, 0.6) is 5.75 Å². The van der Waals surface area contributed by atoms with Crippen LogP contribution in [0.15, 0.2) is 29.3 Å². The monoisotopic (exact) mass is 559 g/mol. The van der Waals surface area contributed by atoms with Crippen molar-refractivity contribution in [1.29, 1.82) is 0 Å². The normalized spacial score (nSPS) is 18.7. The average molecular weight is 559 g/mol. The lowest BCUT2D eigenvalue weighted by Crippen LogP contribution is -2.54. The first-order valence-electron chi connectivity index (χ1n) is 11.5. The molecule has 2 saturated heterocycles. The molecule has 0 radical (unpaired) electrons. The van der Waals surface area contributed by atoms with Gasteiger partial charge in [0.2, 0.25) is 5.91 Å². The predicted molar refractivity (Wildman–Crippen MR) is 138 cm³/mol. The van der Waals surface area contributed by atoms with Crippen LogP contribution in [-0.2, 0) is 4.79 Å². The molecular weight excluding hydrogens is 521 g/mol. The number of aliphatic hydroxyl groups is 1. The molecule has 9 heteroatoms. The van der Waals surface area contributed by atoms with Crippen LogP contribution in [0.25, 0.3) is 0 Å². The minimum absolute atomic E-state index is 0. The van der Waals surface area contributed by atoms with Gasteiger partial charge in [-0.3, -0.25) is 14.7 Å². The molecule has 2 heterocycles. The zero-order valence-electron chi connectivity index (χ0n) is 19.3. The van der Waals surface area contributed by atoms with E-state index < -0.39 is 6.10 Å². The number of hydrogen-bond donors (Lipinski definition) is 2. The molecule has 1 aromatic rings. The molecule has 2 aliphatic rings. The lowest BCUT2D eigenvalue weighted by atomic mass is 10.1. The first-order chi connectivity index (χ1) is 15.1. The Kier molecular flexibility index (Phi) is 11.5. The fourth-order valence-electron chi connectivity index (χ4n) is 4.11. The number of nitrogens with one attached hydrogen (secondary N) is 1. The van der Waals surface area contributed by atoms with Gasteiger partial charge in [0.05, 0.1) is 26.3 Å². The van der Waals surface area contributed by atoms with Crippen LogP contribution in [-0.4, -0.2) is 97.7 Å². The van der Waals surface area contributed by atoms with Crippen LogP contribution in [0.1, 0.15) is 37.9 Å². The lowest BCUT2D eigenvalue weighted by molar-refractivity contribution is -0.133. The number of rotatable bonds is 7. The Bertz CT molecular complexity index is 734. The predicted octanol–water partition coefficient (Wildman–Crippen LogP) is 1.94. The number of aliphatic imine (C=N–C) groups is 1. The first kappa shape index (κ1) is 26.7. The van der Waals surface area contributed by atoms with Gasteiger partial charge in [0.25, 0.3) is 0 Å². The quantitative estimate of drug-likeness (QED) is 0.302. The summed E-state index contributed by atoms with van der Waals surface area (Å²) in [5.41, 5.74) is 0.792. The van der Waals surface area contributed by atoms with E-state index in [1.807, 2.05) is 36.1 Å². The number of carbonyl (C=O) groups excluding carboxylic acids is 1. The van der Waals surface area contributed by atoms with E-state index >= 15 is 0 Å². The van der Waals surface area contributed by atoms with E-state index in [9.17, 15) is 9.90 Å². The van der Waals surface area contributed by atoms with Crippen LogP contribution in [0.3, 0.4) is 0 Å². The van der Waals surface area contributed by atoms with Gasteiger partial charge in [-0.2, -0.15) is 0 Å². The third-order valence-corrected chi connectivity index (χ3v) is 5.97. The number of aliphatic hydroxyl groups excluding tert-OH is 1. The summed E-state index contributed by atoms with van der Waals surface area (Å²) in [4.78, 5) is 23.7. The summed E-state index contributed by atoms with van der Waals surface area (Å²) >= 11 is 0. The number of amides is 1. The molecule has 8 nitrogen and oxygen atoms in total. The van der Waals surface area contributed by atoms with E-state index in [-0.39, 0.29) is 36.4 Å². The number of piperazine rings is 1. The molecule has 32 heavy (non-hydrogen) atoms. The van der Waals surface area contributed by atoms with Crippen molar-refractivity contribution in [3.8, 4) is 5.75 Å². The Labute approximate surface area is 209 Å². The molecule has 1 aromatic carbocycles. The minimum atomic E-state index is -0.688. The third-order valence-electron chi connectivity index (χ3n) is 5.97. The molecule has 2 aliphatic heterocycles. The highest BCUT2D eigenvalue weighted by Crippen LogP contribution is 2.19. The molecule has 2 fully saturated rings. The van der Waals surface area contributed by atoms with Gasteiger partial charge in [-0.1, -0.05) is 12.1 Å². The number of hydrogen-bond acceptors (Lipinski definition) is 5. The number of nitrogens with zero attached hydrogens (tertiary/aromatic N) is 4. The van der Waals surface area contributed by atoms with E-state index in [0.29, 0.717) is 6.54 Å². The van der Waals surface area contributed by atoms with Crippen molar-refractivity contribution in [3.63, 3.8) is 0 Å². The second-order valence-corrected chi connectivity index (χ2v) is 8.19. The summed E-state index contributed by atoms with van der Waals surface area (Å²) in [6.45, 7) is 8.72. The Morgan fingerprint density at radius 2 is 1.84 bits per heavy atom. The summed E-state index contributed by atoms with van der Waals surface area (Å²) in [6, 6.07) is 7.45. The Morgan fingerprint density at radius 3 is 2.50 bits per heavy atom. The van der Waals surface area contributed by atoms with Gasteiger partial charge >= 0.3 is 0 Å². The van der Waals surface area contributed by atoms with E-state index in [4.69, 9.17) is 4.74 Å². The maximum absolute atomic E-state index is 12.5. The van der Waals surface area contributed by atoms with Crippen LogP contribution < -0.4 is 10.1 Å². The number of guanidine groups is 1. The summed E-state index contributed by atoms with van der Waals surface area (Å²) < 4.78 is 5.24. The maximum atomic E-state index is 12.5. The van der Waals surface area contributed by atoms with Crippen LogP contribution in [0.2, 0.25) is 0 Å². The second kappa shape index (κ2) is 13.8. The first-order valence-corrected chi connectivity index (χ1v) is 11.5. The van der Waals surface area contributed by atoms with Gasteiger partial charge in [0, 0.05) is 45.8 Å². The van der Waals surface area contributed by atoms with Gasteiger partial charge in [0.1, 0.15) is 5.75 Å². The van der Waals surface area contributed by atoms with Gasteiger partial charge in [-0.05, 0) is 43.9 Å². The van der Waals surface area contributed by atoms with E-state index in [1.165, 1.54) is 6.42 Å². The fourth-order valence-corrected chi connectivity index (χ4v) is 4.11. The summed E-state index contributed by atoms with van der Waals surface area (Å²) in [5.74, 6) is 1.80. The van der Waals surface area contributed by atoms with E-state index in [1.54, 1.807) is 7.11 Å². The molecule has 0 aliphatic carbocycles. The number of halogens is 1. The average Bonchev–Trinajstić information content (AvgIpc) is 2.82. The summed E-state index contributed by atoms with van der Waals surface area (Å²) in [6.07, 6.45) is 2.81. The molecule has 2 N–H and O–H groups in total. The van der Waals surface area contributed by atoms with E-state index in [2.05, 4.69) is 20.1 Å². The molecule has 0 saturated carbocycles. The van der Waals surface area contributed by atoms with E-state index in [0.717, 1.165) is 75.9 Å². The maximum Gasteiger partial charge on any atom is 0.236 e. The number of likely N-dealkylation sites (tertiary alicyclic amines) is 1. The molecule has 0 spiro atoms. The van der Waals surface area contributed by atoms with Crippen molar-refractivity contribution in [2.75, 3.05) is 66.0 Å². The van der Waals surface area contributed by atoms with Crippen molar-refractivity contribution in [1.82, 2.24) is 20.0 Å². The van der Waals surface area contributed by atoms with Crippen LogP contribution in [0, 0.1) is 0 Å². The Hall–Kier alpha value is -1.59. The van der Waals surface area contributed by atoms with Gasteiger partial charge in [-0.15, -0.1) is 24.0 Å². The third kappa shape index (κ3) is 7.77. The topological polar surface area (TPSA) is 80.6 Å². The van der Waals surface area contributed by atoms with Crippen molar-refractivity contribution >= 4 is 35.8 Å². The molecule has 0 aromatic heterocycles. The van der Waals surface area contributed by atoms with Gasteiger partial charge in [0.15, 0.2) is 5.96 Å². The number of carbonyl (C=O) groups is 1. The minimum Gasteiger partial charge on any atom is -0.497 e. The zero-order chi connectivity index (χ0) is 22.1. The molecular formula is C23H38IN5O3. The van der Waals surface area contributed by atoms with Crippen molar-refractivity contribution < 1.29 is 14.6 Å². The molecule has 1 unspecified atom stereocenters. The molecule has 0 bridgehead atoms. The number of benzene rings is 1. The number of piperidine rings is 1. The van der Waals surface area contributed by atoms with Crippen molar-refractivity contribution in [2.45, 2.75) is 32.3 Å². The van der Waals surface area contributed by atoms with Gasteiger partial charge in [-0.25, -0.2) is 0 Å². The smallest absolute Gasteiger partial charge is 0.236 e. The molecule has 1 atom stereocenters. The SMILES string of the molecule is CCNC(=NCC(O)c1cccc(OC)c1)N1CCN(CC(=O)N2CCCCC2)CC1.I. The molecule has 3 rings (SSSR count). The lowest BCUT2D eigenvalue weighted by Gasteiger charge is -2.37. The van der Waals surface area contributed by atoms with Gasteiger partial charge < -0.3 is 25.0 Å². The highest BCUT2D eigenvalue weighted by atomic mass is 127. The number of methoxy groups -OCH3 is 1. The highest BCUT2D eigenvalue weighted by Gasteiger charge is 2.24. The molecule has 180 valence electrons. The highest BCUT2D eigenvalue weighted by molar-refractivity contribution is 14.0. The van der Waals surface area contributed by atoms with Crippen molar-refractivity contribution in [3.05, 3.63) is 29.8 Å².